The number of nitrogen functional groups attached to an aromatic ring is 1. The van der Waals surface area contributed by atoms with E-state index in [4.69, 9.17) is 5.73 Å². The van der Waals surface area contributed by atoms with Gasteiger partial charge >= 0.3 is 0 Å². The second kappa shape index (κ2) is 3.30. The van der Waals surface area contributed by atoms with Crippen LogP contribution in [0.3, 0.4) is 0 Å². The Morgan fingerprint density at radius 3 is 2.14 bits per heavy atom. The van der Waals surface area contributed by atoms with Gasteiger partial charge in [-0.1, -0.05) is 27.7 Å². The third kappa shape index (κ3) is 1.76. The zero-order valence-corrected chi connectivity index (χ0v) is 10.0. The summed E-state index contributed by atoms with van der Waals surface area (Å²) in [5, 5.41) is 0. The molecule has 0 aliphatic rings. The first-order valence-corrected chi connectivity index (χ1v) is 5.04. The summed E-state index contributed by atoms with van der Waals surface area (Å²) in [7, 11) is 1.95. The normalized spacial score (nSPS) is 14.4. The van der Waals surface area contributed by atoms with Gasteiger partial charge in [-0.3, -0.25) is 0 Å². The predicted molar refractivity (Wildman–Crippen MR) is 60.2 cm³/mol. The van der Waals surface area contributed by atoms with Crippen LogP contribution in [0.25, 0.3) is 0 Å². The number of rotatable bonds is 1. The molecular formula is C11H21N3. The van der Waals surface area contributed by atoms with Crippen LogP contribution >= 0.6 is 0 Å². The van der Waals surface area contributed by atoms with Crippen LogP contribution in [0.4, 0.5) is 5.82 Å². The Kier molecular flexibility index (Phi) is 2.61. The zero-order valence-electron chi connectivity index (χ0n) is 10.0. The number of hydrogen-bond acceptors (Lipinski definition) is 2. The molecule has 2 N–H and O–H groups in total. The summed E-state index contributed by atoms with van der Waals surface area (Å²) in [6.07, 6.45) is 0. The molecule has 1 rings (SSSR count). The van der Waals surface area contributed by atoms with Crippen molar-refractivity contribution >= 4 is 5.82 Å². The molecule has 1 aromatic heterocycles. The number of anilines is 1. The van der Waals surface area contributed by atoms with Gasteiger partial charge in [0.05, 0.1) is 5.69 Å². The first-order chi connectivity index (χ1) is 6.25. The largest absolute Gasteiger partial charge is 0.384 e. The summed E-state index contributed by atoms with van der Waals surface area (Å²) < 4.78 is 1.94. The van der Waals surface area contributed by atoms with Crippen LogP contribution in [0, 0.1) is 12.3 Å². The summed E-state index contributed by atoms with van der Waals surface area (Å²) in [6, 6.07) is 0. The van der Waals surface area contributed by atoms with Crippen molar-refractivity contribution < 1.29 is 0 Å². The van der Waals surface area contributed by atoms with Crippen LogP contribution in [0.2, 0.25) is 0 Å². The molecule has 0 bridgehead atoms. The Morgan fingerprint density at radius 1 is 1.36 bits per heavy atom. The summed E-state index contributed by atoms with van der Waals surface area (Å²) in [5.41, 5.74) is 7.23. The highest BCUT2D eigenvalue weighted by Gasteiger charge is 2.26. The van der Waals surface area contributed by atoms with Gasteiger partial charge < -0.3 is 10.3 Å². The predicted octanol–water partition coefficient (Wildman–Crippen LogP) is 2.46. The molecule has 0 radical (unpaired) electrons. The first kappa shape index (κ1) is 11.1. The molecule has 0 saturated carbocycles. The summed E-state index contributed by atoms with van der Waals surface area (Å²) >= 11 is 0. The van der Waals surface area contributed by atoms with Gasteiger partial charge in [0.15, 0.2) is 0 Å². The lowest BCUT2D eigenvalue weighted by molar-refractivity contribution is 0.335. The van der Waals surface area contributed by atoms with E-state index >= 15 is 0 Å². The minimum Gasteiger partial charge on any atom is -0.384 e. The Balaban J connectivity index is 3.14. The van der Waals surface area contributed by atoms with E-state index in [1.807, 2.05) is 18.5 Å². The fourth-order valence-corrected chi connectivity index (χ4v) is 1.38. The molecule has 3 heteroatoms. The van der Waals surface area contributed by atoms with E-state index in [9.17, 15) is 0 Å². The fourth-order valence-electron chi connectivity index (χ4n) is 1.38. The van der Waals surface area contributed by atoms with Crippen LogP contribution in [0.15, 0.2) is 0 Å². The standard InChI is InChI=1S/C11H21N3/c1-7(11(3,4)5)9-10(12)14(6)8(2)13-9/h7H,12H2,1-6H3. The summed E-state index contributed by atoms with van der Waals surface area (Å²) in [4.78, 5) is 4.51. The molecule has 0 spiro atoms. The molecule has 0 amide bonds. The molecule has 0 saturated heterocycles. The second-order valence-electron chi connectivity index (χ2n) is 5.08. The molecule has 1 atom stereocenters. The highest BCUT2D eigenvalue weighted by molar-refractivity contribution is 5.40. The van der Waals surface area contributed by atoms with E-state index in [2.05, 4.69) is 32.7 Å². The van der Waals surface area contributed by atoms with Gasteiger partial charge in [0, 0.05) is 13.0 Å². The van der Waals surface area contributed by atoms with Crippen LogP contribution in [-0.4, -0.2) is 9.55 Å². The van der Waals surface area contributed by atoms with E-state index in [-0.39, 0.29) is 5.41 Å². The average molecular weight is 195 g/mol. The smallest absolute Gasteiger partial charge is 0.126 e. The van der Waals surface area contributed by atoms with Gasteiger partial charge in [0.25, 0.3) is 0 Å². The Hall–Kier alpha value is -0.990. The van der Waals surface area contributed by atoms with Gasteiger partial charge in [-0.05, 0) is 12.3 Å². The second-order valence-corrected chi connectivity index (χ2v) is 5.08. The van der Waals surface area contributed by atoms with Crippen LogP contribution in [0.1, 0.15) is 45.1 Å². The molecular weight excluding hydrogens is 174 g/mol. The van der Waals surface area contributed by atoms with Crippen molar-refractivity contribution in [2.45, 2.75) is 40.5 Å². The SMILES string of the molecule is Cc1nc(C(C)C(C)(C)C)c(N)n1C. The van der Waals surface area contributed by atoms with E-state index in [1.165, 1.54) is 0 Å². The zero-order chi connectivity index (χ0) is 11.1. The van der Waals surface area contributed by atoms with Crippen molar-refractivity contribution in [1.82, 2.24) is 9.55 Å². The van der Waals surface area contributed by atoms with Gasteiger partial charge in [0.2, 0.25) is 0 Å². The molecule has 80 valence electrons. The molecule has 0 fully saturated rings. The molecule has 1 unspecified atom stereocenters. The summed E-state index contributed by atoms with van der Waals surface area (Å²) in [5.74, 6) is 2.15. The number of hydrogen-bond donors (Lipinski definition) is 1. The molecule has 0 aliphatic carbocycles. The van der Waals surface area contributed by atoms with Crippen molar-refractivity contribution in [2.24, 2.45) is 12.5 Å². The molecule has 1 aromatic rings. The Morgan fingerprint density at radius 2 is 1.86 bits per heavy atom. The Bertz CT molecular complexity index is 331. The molecule has 1 heterocycles. The third-order valence-electron chi connectivity index (χ3n) is 3.10. The van der Waals surface area contributed by atoms with Gasteiger partial charge in [-0.2, -0.15) is 0 Å². The van der Waals surface area contributed by atoms with Crippen LogP contribution in [-0.2, 0) is 7.05 Å². The van der Waals surface area contributed by atoms with E-state index in [0.29, 0.717) is 5.92 Å². The van der Waals surface area contributed by atoms with Gasteiger partial charge in [0.1, 0.15) is 11.6 Å². The molecule has 14 heavy (non-hydrogen) atoms. The maximum absolute atomic E-state index is 6.00. The maximum Gasteiger partial charge on any atom is 0.126 e. The van der Waals surface area contributed by atoms with Crippen molar-refractivity contribution in [1.29, 1.82) is 0 Å². The molecule has 0 aromatic carbocycles. The average Bonchev–Trinajstić information content (AvgIpc) is 2.30. The van der Waals surface area contributed by atoms with Crippen molar-refractivity contribution in [3.63, 3.8) is 0 Å². The molecule has 3 nitrogen and oxygen atoms in total. The topological polar surface area (TPSA) is 43.8 Å². The minimum absolute atomic E-state index is 0.203. The third-order valence-corrected chi connectivity index (χ3v) is 3.10. The maximum atomic E-state index is 6.00. The number of nitrogens with zero attached hydrogens (tertiary/aromatic N) is 2. The lowest BCUT2D eigenvalue weighted by Crippen LogP contribution is -2.17. The van der Waals surface area contributed by atoms with E-state index in [0.717, 1.165) is 17.3 Å². The van der Waals surface area contributed by atoms with Crippen molar-refractivity contribution in [2.75, 3.05) is 5.73 Å². The number of aryl methyl sites for hydroxylation is 1. The van der Waals surface area contributed by atoms with E-state index in [1.54, 1.807) is 0 Å². The quantitative estimate of drug-likeness (QED) is 0.748. The highest BCUT2D eigenvalue weighted by Crippen LogP contribution is 2.36. The van der Waals surface area contributed by atoms with Crippen molar-refractivity contribution in [3.05, 3.63) is 11.5 Å². The number of nitrogens with two attached hydrogens (primary N) is 1. The van der Waals surface area contributed by atoms with Gasteiger partial charge in [-0.25, -0.2) is 4.98 Å². The van der Waals surface area contributed by atoms with Crippen LogP contribution in [0.5, 0.6) is 0 Å². The lowest BCUT2D eigenvalue weighted by atomic mass is 9.80. The minimum atomic E-state index is 0.203. The summed E-state index contributed by atoms with van der Waals surface area (Å²) in [6.45, 7) is 10.8. The monoisotopic (exact) mass is 195 g/mol. The number of imidazole rings is 1. The van der Waals surface area contributed by atoms with E-state index < -0.39 is 0 Å². The number of aromatic nitrogens is 2. The highest BCUT2D eigenvalue weighted by atomic mass is 15.1. The van der Waals surface area contributed by atoms with Crippen LogP contribution < -0.4 is 5.73 Å². The Labute approximate surface area is 86.3 Å². The van der Waals surface area contributed by atoms with Gasteiger partial charge in [-0.15, -0.1) is 0 Å². The molecule has 0 aliphatic heterocycles. The van der Waals surface area contributed by atoms with Crippen molar-refractivity contribution in [3.8, 4) is 0 Å². The first-order valence-electron chi connectivity index (χ1n) is 5.04. The fraction of sp³-hybridized carbons (Fsp3) is 0.727. The lowest BCUT2D eigenvalue weighted by Gasteiger charge is -2.26.